The molecule has 0 bridgehead atoms. The Morgan fingerprint density at radius 1 is 1.16 bits per heavy atom. The molecule has 1 nitrogen and oxygen atoms in total. The Bertz CT molecular complexity index is 588. The molecule has 0 radical (unpaired) electrons. The molecule has 2 heteroatoms. The van der Waals surface area contributed by atoms with Crippen LogP contribution in [0.2, 0.25) is 5.02 Å². The van der Waals surface area contributed by atoms with Gasteiger partial charge in [-0.2, -0.15) is 0 Å². The highest BCUT2D eigenvalue weighted by molar-refractivity contribution is 6.33. The lowest BCUT2D eigenvalue weighted by Gasteiger charge is -2.10. The first-order valence-corrected chi connectivity index (χ1v) is 7.19. The fraction of sp³-hybridized carbons (Fsp3) is 0.294. The molecule has 1 aliphatic carbocycles. The van der Waals surface area contributed by atoms with Crippen LogP contribution in [-0.4, -0.2) is 0 Å². The van der Waals surface area contributed by atoms with E-state index >= 15 is 0 Å². The summed E-state index contributed by atoms with van der Waals surface area (Å²) in [4.78, 5) is 0. The van der Waals surface area contributed by atoms with Crippen molar-refractivity contribution in [2.75, 3.05) is 5.32 Å². The predicted molar refractivity (Wildman–Crippen MR) is 81.9 cm³/mol. The lowest BCUT2D eigenvalue weighted by Crippen LogP contribution is -2.00. The summed E-state index contributed by atoms with van der Waals surface area (Å²) in [7, 11) is 0. The smallest absolute Gasteiger partial charge is 0.0640 e. The zero-order valence-electron chi connectivity index (χ0n) is 11.1. The molecule has 2 aromatic rings. The Kier molecular flexibility index (Phi) is 3.48. The van der Waals surface area contributed by atoms with E-state index in [0.717, 1.165) is 23.2 Å². The number of benzene rings is 2. The second-order valence-electron chi connectivity index (χ2n) is 5.36. The molecule has 0 aromatic heterocycles. The minimum atomic E-state index is 0.790. The van der Waals surface area contributed by atoms with Crippen LogP contribution in [0.4, 0.5) is 5.69 Å². The maximum Gasteiger partial charge on any atom is 0.0640 e. The third-order valence-corrected chi connectivity index (χ3v) is 3.92. The Morgan fingerprint density at radius 2 is 2.00 bits per heavy atom. The fourth-order valence-electron chi connectivity index (χ4n) is 2.33. The quantitative estimate of drug-likeness (QED) is 0.812. The molecule has 0 atom stereocenters. The summed E-state index contributed by atoms with van der Waals surface area (Å²) in [5.74, 6) is 0.808. The largest absolute Gasteiger partial charge is 0.380 e. The van der Waals surface area contributed by atoms with Gasteiger partial charge in [-0.05, 0) is 54.5 Å². The molecule has 1 aliphatic rings. The maximum atomic E-state index is 6.22. The second-order valence-corrected chi connectivity index (χ2v) is 5.76. The summed E-state index contributed by atoms with van der Waals surface area (Å²) in [6, 6.07) is 15.0. The minimum Gasteiger partial charge on any atom is -0.380 e. The highest BCUT2D eigenvalue weighted by Crippen LogP contribution is 2.40. The van der Waals surface area contributed by atoms with Gasteiger partial charge in [0, 0.05) is 6.54 Å². The summed E-state index contributed by atoms with van der Waals surface area (Å²) >= 11 is 6.22. The van der Waals surface area contributed by atoms with Crippen molar-refractivity contribution in [1.82, 2.24) is 0 Å². The van der Waals surface area contributed by atoms with E-state index in [-0.39, 0.29) is 0 Å². The van der Waals surface area contributed by atoms with E-state index < -0.39 is 0 Å². The molecule has 19 heavy (non-hydrogen) atoms. The van der Waals surface area contributed by atoms with E-state index in [1.807, 2.05) is 12.1 Å². The molecule has 0 amide bonds. The van der Waals surface area contributed by atoms with Gasteiger partial charge in [0.15, 0.2) is 0 Å². The van der Waals surface area contributed by atoms with E-state index in [4.69, 9.17) is 11.6 Å². The van der Waals surface area contributed by atoms with Crippen LogP contribution in [0.25, 0.3) is 0 Å². The number of hydrogen-bond donors (Lipinski definition) is 1. The summed E-state index contributed by atoms with van der Waals surface area (Å²) in [5, 5.41) is 4.20. The van der Waals surface area contributed by atoms with Crippen LogP contribution in [0, 0.1) is 6.92 Å². The maximum absolute atomic E-state index is 6.22. The predicted octanol–water partition coefficient (Wildman–Crippen LogP) is 5.14. The van der Waals surface area contributed by atoms with Crippen LogP contribution in [0.15, 0.2) is 42.5 Å². The van der Waals surface area contributed by atoms with Crippen molar-refractivity contribution in [3.05, 3.63) is 64.2 Å². The van der Waals surface area contributed by atoms with Gasteiger partial charge in [0.1, 0.15) is 0 Å². The van der Waals surface area contributed by atoms with E-state index in [1.165, 1.54) is 29.5 Å². The number of halogens is 1. The molecule has 1 fully saturated rings. The summed E-state index contributed by atoms with van der Waals surface area (Å²) in [5.41, 5.74) is 4.99. The van der Waals surface area contributed by atoms with Crippen LogP contribution in [0.1, 0.15) is 35.4 Å². The van der Waals surface area contributed by atoms with Crippen molar-refractivity contribution in [2.45, 2.75) is 32.2 Å². The van der Waals surface area contributed by atoms with E-state index in [0.29, 0.717) is 0 Å². The first-order chi connectivity index (χ1) is 9.22. The number of anilines is 1. The van der Waals surface area contributed by atoms with Gasteiger partial charge < -0.3 is 5.32 Å². The van der Waals surface area contributed by atoms with Crippen LogP contribution in [0.5, 0.6) is 0 Å². The van der Waals surface area contributed by atoms with Crippen molar-refractivity contribution in [2.24, 2.45) is 0 Å². The molecule has 2 aromatic carbocycles. The molecule has 1 saturated carbocycles. The zero-order chi connectivity index (χ0) is 13.2. The van der Waals surface area contributed by atoms with Crippen LogP contribution >= 0.6 is 11.6 Å². The third kappa shape index (κ3) is 3.10. The molecule has 1 N–H and O–H groups in total. The Labute approximate surface area is 119 Å². The fourth-order valence-corrected chi connectivity index (χ4v) is 2.64. The van der Waals surface area contributed by atoms with Crippen molar-refractivity contribution in [3.63, 3.8) is 0 Å². The van der Waals surface area contributed by atoms with Gasteiger partial charge in [-0.15, -0.1) is 0 Å². The SMILES string of the molecule is Cc1ccc(NCc2cccc(C3CC3)c2)c(Cl)c1. The minimum absolute atomic E-state index is 0.790. The zero-order valence-corrected chi connectivity index (χ0v) is 11.9. The lowest BCUT2D eigenvalue weighted by atomic mass is 10.1. The van der Waals surface area contributed by atoms with Gasteiger partial charge in [0.05, 0.1) is 10.7 Å². The first-order valence-electron chi connectivity index (χ1n) is 6.81. The van der Waals surface area contributed by atoms with Crippen molar-refractivity contribution < 1.29 is 0 Å². The van der Waals surface area contributed by atoms with Crippen molar-refractivity contribution in [1.29, 1.82) is 0 Å². The van der Waals surface area contributed by atoms with Crippen LogP contribution < -0.4 is 5.32 Å². The van der Waals surface area contributed by atoms with Gasteiger partial charge in [0.2, 0.25) is 0 Å². The lowest BCUT2D eigenvalue weighted by molar-refractivity contribution is 1.08. The third-order valence-electron chi connectivity index (χ3n) is 3.61. The Balaban J connectivity index is 1.69. The summed E-state index contributed by atoms with van der Waals surface area (Å²) in [6.45, 7) is 2.87. The summed E-state index contributed by atoms with van der Waals surface area (Å²) in [6.07, 6.45) is 2.70. The van der Waals surface area contributed by atoms with Gasteiger partial charge in [0.25, 0.3) is 0 Å². The Morgan fingerprint density at radius 3 is 2.74 bits per heavy atom. The average molecular weight is 272 g/mol. The van der Waals surface area contributed by atoms with Crippen molar-refractivity contribution >= 4 is 17.3 Å². The van der Waals surface area contributed by atoms with E-state index in [9.17, 15) is 0 Å². The topological polar surface area (TPSA) is 12.0 Å². The molecule has 0 saturated heterocycles. The number of aryl methyl sites for hydroxylation is 1. The molecule has 0 spiro atoms. The van der Waals surface area contributed by atoms with Gasteiger partial charge in [-0.25, -0.2) is 0 Å². The standard InChI is InChI=1S/C17H18ClN/c1-12-5-8-17(16(18)9-12)19-11-13-3-2-4-15(10-13)14-6-7-14/h2-5,8-10,14,19H,6-7,11H2,1H3. The molecule has 3 rings (SSSR count). The molecular weight excluding hydrogens is 254 g/mol. The van der Waals surface area contributed by atoms with E-state index in [1.54, 1.807) is 0 Å². The van der Waals surface area contributed by atoms with E-state index in [2.05, 4.69) is 42.6 Å². The molecule has 0 unspecified atom stereocenters. The van der Waals surface area contributed by atoms with Crippen LogP contribution in [0.3, 0.4) is 0 Å². The normalized spacial score (nSPS) is 14.4. The van der Waals surface area contributed by atoms with Crippen LogP contribution in [-0.2, 0) is 6.54 Å². The van der Waals surface area contributed by atoms with Crippen molar-refractivity contribution in [3.8, 4) is 0 Å². The monoisotopic (exact) mass is 271 g/mol. The first kappa shape index (κ1) is 12.6. The van der Waals surface area contributed by atoms with Gasteiger partial charge in [-0.1, -0.05) is 41.9 Å². The van der Waals surface area contributed by atoms with Gasteiger partial charge >= 0.3 is 0 Å². The van der Waals surface area contributed by atoms with Gasteiger partial charge in [-0.3, -0.25) is 0 Å². The number of rotatable bonds is 4. The number of hydrogen-bond acceptors (Lipinski definition) is 1. The average Bonchev–Trinajstić information content (AvgIpc) is 3.22. The highest BCUT2D eigenvalue weighted by atomic mass is 35.5. The highest BCUT2D eigenvalue weighted by Gasteiger charge is 2.23. The molecule has 98 valence electrons. The number of nitrogens with one attached hydrogen (secondary N) is 1. The summed E-state index contributed by atoms with van der Waals surface area (Å²) < 4.78 is 0. The molecule has 0 aliphatic heterocycles. The second kappa shape index (κ2) is 5.26. The molecule has 0 heterocycles. The molecular formula is C17H18ClN. The Hall–Kier alpha value is -1.47.